The van der Waals surface area contributed by atoms with Gasteiger partial charge in [-0.25, -0.2) is 0 Å². The second-order valence-electron chi connectivity index (χ2n) is 4.58. The predicted octanol–water partition coefficient (Wildman–Crippen LogP) is 2.37. The molecule has 4 heteroatoms. The van der Waals surface area contributed by atoms with Crippen LogP contribution in [0.3, 0.4) is 0 Å². The fraction of sp³-hybridized carbons (Fsp3) is 0.429. The molecule has 0 spiro atoms. The maximum absolute atomic E-state index is 5.32. The van der Waals surface area contributed by atoms with Crippen LogP contribution in [0, 0.1) is 0 Å². The van der Waals surface area contributed by atoms with E-state index in [9.17, 15) is 0 Å². The number of likely N-dealkylation sites (N-methyl/N-ethyl adjacent to an activating group) is 1. The molecule has 2 atom stereocenters. The largest absolute Gasteiger partial charge is 0.339 e. The Kier molecular flexibility index (Phi) is 4.10. The van der Waals surface area contributed by atoms with E-state index in [4.69, 9.17) is 4.52 Å². The summed E-state index contributed by atoms with van der Waals surface area (Å²) in [5.41, 5.74) is 1.19. The molecule has 2 aromatic rings. The molecule has 0 aliphatic heterocycles. The van der Waals surface area contributed by atoms with Gasteiger partial charge in [0.1, 0.15) is 0 Å². The molecule has 0 bridgehead atoms. The molecule has 0 aliphatic rings. The quantitative estimate of drug-likeness (QED) is 0.878. The topological polar surface area (TPSA) is 51.0 Å². The Bertz CT molecular complexity index is 481. The van der Waals surface area contributed by atoms with Gasteiger partial charge in [-0.1, -0.05) is 42.4 Å². The average molecular weight is 245 g/mol. The second kappa shape index (κ2) is 5.78. The normalized spacial score (nSPS) is 14.4. The minimum atomic E-state index is 0.215. The Morgan fingerprint density at radius 1 is 1.22 bits per heavy atom. The van der Waals surface area contributed by atoms with Gasteiger partial charge in [0.2, 0.25) is 5.89 Å². The van der Waals surface area contributed by atoms with Crippen molar-refractivity contribution in [1.29, 1.82) is 0 Å². The van der Waals surface area contributed by atoms with Crippen molar-refractivity contribution >= 4 is 0 Å². The van der Waals surface area contributed by atoms with Crippen molar-refractivity contribution in [3.63, 3.8) is 0 Å². The highest BCUT2D eigenvalue weighted by Gasteiger charge is 2.19. The van der Waals surface area contributed by atoms with Crippen LogP contribution in [0.5, 0.6) is 0 Å². The van der Waals surface area contributed by atoms with E-state index < -0.39 is 0 Å². The number of benzene rings is 1. The highest BCUT2D eigenvalue weighted by atomic mass is 16.5. The van der Waals surface area contributed by atoms with Gasteiger partial charge in [-0.2, -0.15) is 4.98 Å². The maximum atomic E-state index is 5.32. The molecule has 96 valence electrons. The van der Waals surface area contributed by atoms with Gasteiger partial charge in [0.05, 0.1) is 5.92 Å². The Morgan fingerprint density at radius 2 is 1.94 bits per heavy atom. The van der Waals surface area contributed by atoms with Crippen LogP contribution >= 0.6 is 0 Å². The predicted molar refractivity (Wildman–Crippen MR) is 70.5 cm³/mol. The summed E-state index contributed by atoms with van der Waals surface area (Å²) in [5.74, 6) is 1.65. The first-order chi connectivity index (χ1) is 8.70. The summed E-state index contributed by atoms with van der Waals surface area (Å²) < 4.78 is 5.32. The summed E-state index contributed by atoms with van der Waals surface area (Å²) in [5, 5.41) is 7.23. The van der Waals surface area contributed by atoms with Crippen LogP contribution in [0.25, 0.3) is 0 Å². The van der Waals surface area contributed by atoms with Crippen molar-refractivity contribution in [3.8, 4) is 0 Å². The average Bonchev–Trinajstić information content (AvgIpc) is 2.86. The monoisotopic (exact) mass is 245 g/mol. The summed E-state index contributed by atoms with van der Waals surface area (Å²) >= 11 is 0. The highest BCUT2D eigenvalue weighted by molar-refractivity contribution is 5.18. The van der Waals surface area contributed by atoms with Gasteiger partial charge in [0.25, 0.3) is 0 Å². The lowest BCUT2D eigenvalue weighted by Crippen LogP contribution is -2.27. The van der Waals surface area contributed by atoms with Crippen molar-refractivity contribution in [2.45, 2.75) is 32.2 Å². The van der Waals surface area contributed by atoms with Crippen LogP contribution in [0.15, 0.2) is 34.9 Å². The van der Waals surface area contributed by atoms with Crippen molar-refractivity contribution in [2.75, 3.05) is 7.05 Å². The molecule has 0 radical (unpaired) electrons. The number of rotatable bonds is 5. The zero-order valence-electron chi connectivity index (χ0n) is 11.1. The first-order valence-corrected chi connectivity index (χ1v) is 6.24. The zero-order chi connectivity index (χ0) is 13.0. The van der Waals surface area contributed by atoms with E-state index in [1.165, 1.54) is 5.56 Å². The molecule has 4 nitrogen and oxygen atoms in total. The molecule has 0 fully saturated rings. The summed E-state index contributed by atoms with van der Waals surface area (Å²) in [4.78, 5) is 4.46. The molecular weight excluding hydrogens is 226 g/mol. The van der Waals surface area contributed by atoms with Gasteiger partial charge in [0.15, 0.2) is 5.82 Å². The third-order valence-electron chi connectivity index (χ3n) is 3.28. The molecule has 1 aromatic heterocycles. The third-order valence-corrected chi connectivity index (χ3v) is 3.28. The molecule has 1 aromatic carbocycles. The Hall–Kier alpha value is -1.68. The smallest absolute Gasteiger partial charge is 0.231 e. The Labute approximate surface area is 107 Å². The summed E-state index contributed by atoms with van der Waals surface area (Å²) in [6, 6.07) is 10.5. The molecule has 2 unspecified atom stereocenters. The first kappa shape index (κ1) is 12.8. The lowest BCUT2D eigenvalue weighted by atomic mass is 10.0. The molecule has 2 rings (SSSR count). The molecule has 0 saturated heterocycles. The van der Waals surface area contributed by atoms with Crippen LogP contribution in [0.2, 0.25) is 0 Å². The number of nitrogens with one attached hydrogen (secondary N) is 1. The van der Waals surface area contributed by atoms with E-state index in [0.29, 0.717) is 18.4 Å². The van der Waals surface area contributed by atoms with E-state index in [0.717, 1.165) is 5.82 Å². The van der Waals surface area contributed by atoms with Crippen LogP contribution in [-0.4, -0.2) is 23.2 Å². The van der Waals surface area contributed by atoms with Crippen LogP contribution in [0.1, 0.15) is 37.0 Å². The van der Waals surface area contributed by atoms with Gasteiger partial charge < -0.3 is 9.84 Å². The maximum Gasteiger partial charge on any atom is 0.231 e. The van der Waals surface area contributed by atoms with Crippen molar-refractivity contribution in [2.24, 2.45) is 0 Å². The standard InChI is InChI=1S/C14H19N3O/c1-10(11(2)15-3)14-16-13(17-18-14)9-12-7-5-4-6-8-12/h4-8,10-11,15H,9H2,1-3H3. The Morgan fingerprint density at radius 3 is 2.61 bits per heavy atom. The zero-order valence-corrected chi connectivity index (χ0v) is 11.1. The summed E-state index contributed by atoms with van der Waals surface area (Å²) in [6.45, 7) is 4.19. The van der Waals surface area contributed by atoms with Gasteiger partial charge in [-0.15, -0.1) is 0 Å². The van der Waals surface area contributed by atoms with Crippen molar-refractivity contribution < 1.29 is 4.52 Å². The minimum Gasteiger partial charge on any atom is -0.339 e. The molecule has 18 heavy (non-hydrogen) atoms. The molecule has 0 amide bonds. The molecular formula is C14H19N3O. The van der Waals surface area contributed by atoms with Crippen LogP contribution in [-0.2, 0) is 6.42 Å². The highest BCUT2D eigenvalue weighted by Crippen LogP contribution is 2.17. The van der Waals surface area contributed by atoms with Gasteiger partial charge >= 0.3 is 0 Å². The molecule has 0 aliphatic carbocycles. The SMILES string of the molecule is CNC(C)C(C)c1nc(Cc2ccccc2)no1. The van der Waals surface area contributed by atoms with Crippen LogP contribution < -0.4 is 5.32 Å². The molecule has 1 N–H and O–H groups in total. The first-order valence-electron chi connectivity index (χ1n) is 6.24. The Balaban J connectivity index is 2.07. The van der Waals surface area contributed by atoms with Crippen molar-refractivity contribution in [1.82, 2.24) is 15.5 Å². The number of hydrogen-bond donors (Lipinski definition) is 1. The summed E-state index contributed by atoms with van der Waals surface area (Å²) in [6.07, 6.45) is 0.713. The second-order valence-corrected chi connectivity index (χ2v) is 4.58. The van der Waals surface area contributed by atoms with Gasteiger partial charge in [0, 0.05) is 12.5 Å². The van der Waals surface area contributed by atoms with E-state index in [1.54, 1.807) is 0 Å². The molecule has 0 saturated carbocycles. The van der Waals surface area contributed by atoms with Crippen molar-refractivity contribution in [3.05, 3.63) is 47.6 Å². The molecule has 1 heterocycles. The van der Waals surface area contributed by atoms with E-state index in [1.807, 2.05) is 25.2 Å². The third kappa shape index (κ3) is 2.96. The fourth-order valence-electron chi connectivity index (χ4n) is 1.77. The number of aromatic nitrogens is 2. The van der Waals surface area contributed by atoms with E-state index in [2.05, 4.69) is 41.4 Å². The van der Waals surface area contributed by atoms with E-state index >= 15 is 0 Å². The fourth-order valence-corrected chi connectivity index (χ4v) is 1.77. The van der Waals surface area contributed by atoms with Gasteiger partial charge in [-0.05, 0) is 19.5 Å². The van der Waals surface area contributed by atoms with E-state index in [-0.39, 0.29) is 5.92 Å². The lowest BCUT2D eigenvalue weighted by molar-refractivity contribution is 0.333. The van der Waals surface area contributed by atoms with Crippen LogP contribution in [0.4, 0.5) is 0 Å². The number of nitrogens with zero attached hydrogens (tertiary/aromatic N) is 2. The minimum absolute atomic E-state index is 0.215. The number of hydrogen-bond acceptors (Lipinski definition) is 4. The lowest BCUT2D eigenvalue weighted by Gasteiger charge is -2.14. The summed E-state index contributed by atoms with van der Waals surface area (Å²) in [7, 11) is 1.93. The van der Waals surface area contributed by atoms with Gasteiger partial charge in [-0.3, -0.25) is 0 Å².